The van der Waals surface area contributed by atoms with Gasteiger partial charge in [-0.2, -0.15) is 0 Å². The topological polar surface area (TPSA) is 12.4 Å². The fraction of sp³-hybridized carbons (Fsp3) is 0.542. The van der Waals surface area contributed by atoms with Gasteiger partial charge in [0.1, 0.15) is 0 Å². The highest BCUT2D eigenvalue weighted by Gasteiger charge is 2.30. The molecule has 0 N–H and O–H groups in total. The van der Waals surface area contributed by atoms with Crippen LogP contribution in [0.2, 0.25) is 0 Å². The second-order valence-electron chi connectivity index (χ2n) is 8.32. The molecule has 3 rings (SSSR count). The molecule has 0 amide bonds. The van der Waals surface area contributed by atoms with Crippen molar-refractivity contribution in [1.29, 1.82) is 0 Å². The van der Waals surface area contributed by atoms with Crippen LogP contribution in [0.5, 0.6) is 0 Å². The molecule has 0 saturated heterocycles. The highest BCUT2D eigenvalue weighted by atomic mass is 14.8. The lowest BCUT2D eigenvalue weighted by molar-refractivity contribution is 0.449. The van der Waals surface area contributed by atoms with Gasteiger partial charge in [-0.15, -0.1) is 0 Å². The molecule has 1 nitrogen and oxygen atoms in total. The Morgan fingerprint density at radius 1 is 1.12 bits per heavy atom. The summed E-state index contributed by atoms with van der Waals surface area (Å²) in [6, 6.07) is 11.8. The van der Waals surface area contributed by atoms with Crippen molar-refractivity contribution in [2.24, 2.45) is 10.9 Å². The molecular formula is C24H33N. The number of benzene rings is 2. The fourth-order valence-electron chi connectivity index (χ4n) is 4.30. The van der Waals surface area contributed by atoms with Gasteiger partial charge in [0.05, 0.1) is 6.04 Å². The largest absolute Gasteiger partial charge is 0.286 e. The minimum atomic E-state index is 0.166. The number of nitrogens with zero attached hydrogens (tertiary/aromatic N) is 1. The van der Waals surface area contributed by atoms with Crippen LogP contribution in [-0.4, -0.2) is 11.8 Å². The van der Waals surface area contributed by atoms with Crippen LogP contribution in [-0.2, 0) is 11.8 Å². The third-order valence-corrected chi connectivity index (χ3v) is 6.32. The van der Waals surface area contributed by atoms with Gasteiger partial charge in [0.2, 0.25) is 0 Å². The monoisotopic (exact) mass is 335 g/mol. The molecule has 0 aliphatic carbocycles. The lowest BCUT2D eigenvalue weighted by Gasteiger charge is -2.29. The van der Waals surface area contributed by atoms with Gasteiger partial charge in [-0.05, 0) is 65.0 Å². The van der Waals surface area contributed by atoms with Crippen LogP contribution in [0.3, 0.4) is 0 Å². The first kappa shape index (κ1) is 18.2. The second-order valence-corrected chi connectivity index (χ2v) is 8.32. The Bertz CT molecular complexity index is 797. The molecule has 1 heteroatoms. The summed E-state index contributed by atoms with van der Waals surface area (Å²) in [5.74, 6) is 0.594. The van der Waals surface area contributed by atoms with Gasteiger partial charge in [-0.3, -0.25) is 4.99 Å². The maximum Gasteiger partial charge on any atom is 0.0529 e. The first-order valence-electron chi connectivity index (χ1n) is 10.0. The summed E-state index contributed by atoms with van der Waals surface area (Å²) in [7, 11) is 0. The zero-order chi connectivity index (χ0) is 18.2. The van der Waals surface area contributed by atoms with E-state index in [1.807, 2.05) is 0 Å². The zero-order valence-corrected chi connectivity index (χ0v) is 16.8. The molecule has 2 atom stereocenters. The lowest BCUT2D eigenvalue weighted by Crippen LogP contribution is -2.21. The molecule has 2 aromatic carbocycles. The highest BCUT2D eigenvalue weighted by Crippen LogP contribution is 2.39. The van der Waals surface area contributed by atoms with Gasteiger partial charge in [-0.1, -0.05) is 65.8 Å². The SMILES string of the molecule is CCC1=NC(CC)C(C)Cc2c1c(C(C)(C)CC)cc1ccccc21. The number of fused-ring (bicyclic) bond motifs is 3. The van der Waals surface area contributed by atoms with E-state index in [1.54, 1.807) is 5.56 Å². The predicted molar refractivity (Wildman–Crippen MR) is 111 cm³/mol. The van der Waals surface area contributed by atoms with Crippen molar-refractivity contribution in [2.45, 2.75) is 78.7 Å². The summed E-state index contributed by atoms with van der Waals surface area (Å²) in [5, 5.41) is 2.81. The molecule has 0 spiro atoms. The molecular weight excluding hydrogens is 302 g/mol. The van der Waals surface area contributed by atoms with Gasteiger partial charge >= 0.3 is 0 Å². The van der Waals surface area contributed by atoms with Crippen molar-refractivity contribution in [3.8, 4) is 0 Å². The molecule has 0 bridgehead atoms. The minimum absolute atomic E-state index is 0.166. The quantitative estimate of drug-likeness (QED) is 0.589. The molecule has 0 radical (unpaired) electrons. The van der Waals surface area contributed by atoms with E-state index >= 15 is 0 Å². The van der Waals surface area contributed by atoms with E-state index in [4.69, 9.17) is 4.99 Å². The lowest BCUT2D eigenvalue weighted by atomic mass is 9.75. The average Bonchev–Trinajstić information content (AvgIpc) is 2.76. The van der Waals surface area contributed by atoms with Crippen molar-refractivity contribution in [2.75, 3.05) is 0 Å². The molecule has 1 aliphatic heterocycles. The summed E-state index contributed by atoms with van der Waals surface area (Å²) in [6.07, 6.45) is 4.42. The minimum Gasteiger partial charge on any atom is -0.286 e. The van der Waals surface area contributed by atoms with E-state index < -0.39 is 0 Å². The van der Waals surface area contributed by atoms with Crippen LogP contribution in [0.15, 0.2) is 35.3 Å². The van der Waals surface area contributed by atoms with Crippen molar-refractivity contribution in [3.05, 3.63) is 47.0 Å². The Morgan fingerprint density at radius 2 is 1.84 bits per heavy atom. The Hall–Kier alpha value is -1.63. The van der Waals surface area contributed by atoms with E-state index in [9.17, 15) is 0 Å². The smallest absolute Gasteiger partial charge is 0.0529 e. The maximum atomic E-state index is 5.27. The summed E-state index contributed by atoms with van der Waals surface area (Å²) in [6.45, 7) is 14.0. The molecule has 1 heterocycles. The normalized spacial score (nSPS) is 21.0. The van der Waals surface area contributed by atoms with E-state index in [0.29, 0.717) is 12.0 Å². The second kappa shape index (κ2) is 6.94. The third-order valence-electron chi connectivity index (χ3n) is 6.32. The summed E-state index contributed by atoms with van der Waals surface area (Å²) < 4.78 is 0. The van der Waals surface area contributed by atoms with E-state index in [-0.39, 0.29) is 5.41 Å². The van der Waals surface area contributed by atoms with Gasteiger partial charge in [0.25, 0.3) is 0 Å². The van der Waals surface area contributed by atoms with Crippen LogP contribution < -0.4 is 0 Å². The maximum absolute atomic E-state index is 5.27. The molecule has 2 unspecified atom stereocenters. The standard InChI is InChI=1S/C24H33N/c1-7-21-16(4)14-19-18-13-11-10-12-17(18)15-20(24(5,6)9-3)23(19)22(8-2)25-21/h10-13,15-16,21H,7-9,14H2,1-6H3. The number of rotatable bonds is 4. The fourth-order valence-corrected chi connectivity index (χ4v) is 4.30. The van der Waals surface area contributed by atoms with E-state index in [0.717, 1.165) is 25.7 Å². The van der Waals surface area contributed by atoms with Crippen molar-refractivity contribution < 1.29 is 0 Å². The van der Waals surface area contributed by atoms with E-state index in [1.165, 1.54) is 27.6 Å². The van der Waals surface area contributed by atoms with Crippen LogP contribution >= 0.6 is 0 Å². The Kier molecular flexibility index (Phi) is 5.04. The van der Waals surface area contributed by atoms with Crippen molar-refractivity contribution in [1.82, 2.24) is 0 Å². The van der Waals surface area contributed by atoms with Crippen LogP contribution in [0.25, 0.3) is 10.8 Å². The molecule has 0 aromatic heterocycles. The first-order valence-corrected chi connectivity index (χ1v) is 10.0. The van der Waals surface area contributed by atoms with Gasteiger partial charge in [-0.25, -0.2) is 0 Å². The number of hydrogen-bond donors (Lipinski definition) is 0. The zero-order valence-electron chi connectivity index (χ0n) is 16.8. The van der Waals surface area contributed by atoms with Crippen molar-refractivity contribution >= 4 is 16.5 Å². The summed E-state index contributed by atoms with van der Waals surface area (Å²) >= 11 is 0. The Balaban J connectivity index is 2.40. The number of hydrogen-bond acceptors (Lipinski definition) is 1. The van der Waals surface area contributed by atoms with Gasteiger partial charge < -0.3 is 0 Å². The van der Waals surface area contributed by atoms with Gasteiger partial charge in [0, 0.05) is 11.3 Å². The van der Waals surface area contributed by atoms with E-state index in [2.05, 4.69) is 71.9 Å². The molecule has 0 saturated carbocycles. The van der Waals surface area contributed by atoms with Crippen LogP contribution in [0.1, 0.15) is 77.5 Å². The molecule has 134 valence electrons. The Morgan fingerprint density at radius 3 is 2.48 bits per heavy atom. The summed E-state index contributed by atoms with van der Waals surface area (Å²) in [5.41, 5.74) is 6.00. The molecule has 1 aliphatic rings. The predicted octanol–water partition coefficient (Wildman–Crippen LogP) is 6.70. The molecule has 2 aromatic rings. The first-order chi connectivity index (χ1) is 11.9. The number of aliphatic imine (C=N–C) groups is 1. The summed E-state index contributed by atoms with van der Waals surface area (Å²) in [4.78, 5) is 5.27. The average molecular weight is 336 g/mol. The highest BCUT2D eigenvalue weighted by molar-refractivity contribution is 6.08. The van der Waals surface area contributed by atoms with Crippen molar-refractivity contribution in [3.63, 3.8) is 0 Å². The van der Waals surface area contributed by atoms with Crippen LogP contribution in [0.4, 0.5) is 0 Å². The van der Waals surface area contributed by atoms with Gasteiger partial charge in [0.15, 0.2) is 0 Å². The third kappa shape index (κ3) is 3.14. The Labute approximate surface area is 153 Å². The molecule has 0 fully saturated rings. The van der Waals surface area contributed by atoms with Crippen LogP contribution in [0, 0.1) is 5.92 Å². The molecule has 25 heavy (non-hydrogen) atoms.